The largest absolute Gasteiger partial charge is 0.308 e. The average Bonchev–Trinajstić information content (AvgIpc) is 2.13. The van der Waals surface area contributed by atoms with Crippen LogP contribution in [0.1, 0.15) is 27.7 Å². The van der Waals surface area contributed by atoms with E-state index in [1.807, 2.05) is 13.8 Å². The van der Waals surface area contributed by atoms with Crippen LogP contribution in [0.2, 0.25) is 0 Å². The Kier molecular flexibility index (Phi) is 6.06. The van der Waals surface area contributed by atoms with E-state index in [2.05, 4.69) is 37.7 Å². The molecular weight excluding hydrogens is 188 g/mol. The van der Waals surface area contributed by atoms with E-state index < -0.39 is 0 Å². The summed E-state index contributed by atoms with van der Waals surface area (Å²) in [6.45, 7) is 11.2. The van der Waals surface area contributed by atoms with Crippen molar-refractivity contribution in [2.45, 2.75) is 33.7 Å². The van der Waals surface area contributed by atoms with E-state index in [0.717, 1.165) is 25.9 Å². The van der Waals surface area contributed by atoms with Gasteiger partial charge in [0.2, 0.25) is 0 Å². The van der Waals surface area contributed by atoms with Crippen LogP contribution >= 0.6 is 0 Å². The average molecular weight is 214 g/mol. The summed E-state index contributed by atoms with van der Waals surface area (Å²) in [6.07, 6.45) is 1.05. The Morgan fingerprint density at radius 3 is 2.20 bits per heavy atom. The van der Waals surface area contributed by atoms with Gasteiger partial charge in [-0.25, -0.2) is 0 Å². The minimum absolute atomic E-state index is 0.240. The zero-order chi connectivity index (χ0) is 12.1. The van der Waals surface area contributed by atoms with Crippen molar-refractivity contribution in [3.05, 3.63) is 0 Å². The molecule has 0 fully saturated rings. The number of likely N-dealkylation sites (N-methyl/N-ethyl adjacent to an activating group) is 2. The van der Waals surface area contributed by atoms with Crippen molar-refractivity contribution < 1.29 is 4.79 Å². The van der Waals surface area contributed by atoms with E-state index in [1.165, 1.54) is 0 Å². The maximum atomic E-state index is 10.9. The van der Waals surface area contributed by atoms with Crippen LogP contribution in [-0.2, 0) is 4.79 Å². The molecule has 0 radical (unpaired) electrons. The molecule has 3 nitrogen and oxygen atoms in total. The molecule has 0 saturated heterocycles. The molecule has 0 amide bonds. The molecule has 90 valence electrons. The van der Waals surface area contributed by atoms with E-state index in [0.29, 0.717) is 6.04 Å². The van der Waals surface area contributed by atoms with Crippen molar-refractivity contribution in [2.24, 2.45) is 5.41 Å². The number of nitrogens with zero attached hydrogens (tertiary/aromatic N) is 2. The van der Waals surface area contributed by atoms with Crippen molar-refractivity contribution in [3.8, 4) is 0 Å². The normalized spacial score (nSPS) is 14.7. The van der Waals surface area contributed by atoms with Gasteiger partial charge in [-0.05, 0) is 27.6 Å². The molecule has 0 aromatic carbocycles. The molecule has 0 heterocycles. The van der Waals surface area contributed by atoms with Crippen LogP contribution in [-0.4, -0.2) is 55.9 Å². The summed E-state index contributed by atoms with van der Waals surface area (Å²) in [5.74, 6) is 0. The monoisotopic (exact) mass is 214 g/mol. The summed E-state index contributed by atoms with van der Waals surface area (Å²) in [5.41, 5.74) is -0.240. The molecule has 0 bridgehead atoms. The second-order valence-electron chi connectivity index (χ2n) is 5.28. The van der Waals surface area contributed by atoms with Gasteiger partial charge in [0, 0.05) is 24.5 Å². The molecule has 0 aromatic rings. The maximum Gasteiger partial charge on any atom is 0.126 e. The van der Waals surface area contributed by atoms with Gasteiger partial charge in [0.05, 0.1) is 0 Å². The van der Waals surface area contributed by atoms with Gasteiger partial charge < -0.3 is 9.69 Å². The molecule has 0 spiro atoms. The lowest BCUT2D eigenvalue weighted by Gasteiger charge is -2.34. The second-order valence-corrected chi connectivity index (χ2v) is 5.28. The minimum Gasteiger partial charge on any atom is -0.308 e. The highest BCUT2D eigenvalue weighted by molar-refractivity contribution is 5.58. The van der Waals surface area contributed by atoms with Gasteiger partial charge in [-0.15, -0.1) is 0 Å². The van der Waals surface area contributed by atoms with E-state index in [-0.39, 0.29) is 5.41 Å². The lowest BCUT2D eigenvalue weighted by molar-refractivity contribution is -0.115. The van der Waals surface area contributed by atoms with Gasteiger partial charge in [-0.2, -0.15) is 0 Å². The Labute approximate surface area is 94.4 Å². The van der Waals surface area contributed by atoms with Gasteiger partial charge in [0.25, 0.3) is 0 Å². The van der Waals surface area contributed by atoms with Crippen LogP contribution in [0.4, 0.5) is 0 Å². The van der Waals surface area contributed by atoms with Crippen LogP contribution in [0.25, 0.3) is 0 Å². The zero-order valence-corrected chi connectivity index (χ0v) is 11.1. The van der Waals surface area contributed by atoms with Crippen LogP contribution < -0.4 is 0 Å². The predicted octanol–water partition coefficient (Wildman–Crippen LogP) is 1.48. The van der Waals surface area contributed by atoms with Crippen molar-refractivity contribution in [1.82, 2.24) is 9.80 Å². The highest BCUT2D eigenvalue weighted by Crippen LogP contribution is 2.15. The third-order valence-corrected chi connectivity index (χ3v) is 2.59. The summed E-state index contributed by atoms with van der Waals surface area (Å²) < 4.78 is 0. The molecule has 15 heavy (non-hydrogen) atoms. The fraction of sp³-hybridized carbons (Fsp3) is 0.917. The molecule has 3 heteroatoms. The van der Waals surface area contributed by atoms with E-state index in [1.54, 1.807) is 0 Å². The smallest absolute Gasteiger partial charge is 0.126 e. The SMILES string of the molecule is CCN(CC(C)(C)C=O)C(C)CN(C)C. The summed E-state index contributed by atoms with van der Waals surface area (Å²) in [5, 5.41) is 0. The molecule has 1 unspecified atom stereocenters. The second kappa shape index (κ2) is 6.23. The summed E-state index contributed by atoms with van der Waals surface area (Å²) in [6, 6.07) is 0.490. The quantitative estimate of drug-likeness (QED) is 0.600. The predicted molar refractivity (Wildman–Crippen MR) is 65.1 cm³/mol. The van der Waals surface area contributed by atoms with E-state index >= 15 is 0 Å². The fourth-order valence-corrected chi connectivity index (χ4v) is 1.78. The minimum atomic E-state index is -0.240. The first kappa shape index (κ1) is 14.6. The Bertz CT molecular complexity index is 190. The molecule has 0 N–H and O–H groups in total. The lowest BCUT2D eigenvalue weighted by Crippen LogP contribution is -2.44. The van der Waals surface area contributed by atoms with Crippen LogP contribution in [0.15, 0.2) is 0 Å². The summed E-state index contributed by atoms with van der Waals surface area (Å²) >= 11 is 0. The molecule has 0 rings (SSSR count). The molecular formula is C12H26N2O. The van der Waals surface area contributed by atoms with Crippen LogP contribution in [0.5, 0.6) is 0 Å². The fourth-order valence-electron chi connectivity index (χ4n) is 1.78. The molecule has 1 atom stereocenters. The zero-order valence-electron chi connectivity index (χ0n) is 11.1. The number of carbonyl (C=O) groups excluding carboxylic acids is 1. The molecule has 0 saturated carbocycles. The number of rotatable bonds is 7. The first-order valence-electron chi connectivity index (χ1n) is 5.67. The molecule has 0 aromatic heterocycles. The standard InChI is InChI=1S/C12H26N2O/c1-7-14(9-12(3,4)10-15)11(2)8-13(5)6/h10-11H,7-9H2,1-6H3. The van der Waals surface area contributed by atoms with Crippen molar-refractivity contribution in [3.63, 3.8) is 0 Å². The summed E-state index contributed by atoms with van der Waals surface area (Å²) in [4.78, 5) is 15.4. The molecule has 0 aliphatic heterocycles. The van der Waals surface area contributed by atoms with Crippen molar-refractivity contribution in [1.29, 1.82) is 0 Å². The Morgan fingerprint density at radius 2 is 1.87 bits per heavy atom. The number of aldehydes is 1. The third-order valence-electron chi connectivity index (χ3n) is 2.59. The maximum absolute atomic E-state index is 10.9. The third kappa shape index (κ3) is 5.90. The van der Waals surface area contributed by atoms with Gasteiger partial charge in [0.15, 0.2) is 0 Å². The number of hydrogen-bond donors (Lipinski definition) is 0. The van der Waals surface area contributed by atoms with Gasteiger partial charge >= 0.3 is 0 Å². The van der Waals surface area contributed by atoms with Crippen LogP contribution in [0.3, 0.4) is 0 Å². The first-order chi connectivity index (χ1) is 6.82. The molecule has 0 aliphatic rings. The molecule has 0 aliphatic carbocycles. The van der Waals surface area contributed by atoms with E-state index in [9.17, 15) is 4.79 Å². The first-order valence-corrected chi connectivity index (χ1v) is 5.67. The Balaban J connectivity index is 4.29. The lowest BCUT2D eigenvalue weighted by atomic mass is 9.94. The van der Waals surface area contributed by atoms with E-state index in [4.69, 9.17) is 0 Å². The number of hydrogen-bond acceptors (Lipinski definition) is 3. The van der Waals surface area contributed by atoms with Gasteiger partial charge in [0.1, 0.15) is 6.29 Å². The summed E-state index contributed by atoms with van der Waals surface area (Å²) in [7, 11) is 4.16. The van der Waals surface area contributed by atoms with Gasteiger partial charge in [-0.1, -0.05) is 20.8 Å². The number of carbonyl (C=O) groups is 1. The highest BCUT2D eigenvalue weighted by Gasteiger charge is 2.23. The van der Waals surface area contributed by atoms with Crippen molar-refractivity contribution in [2.75, 3.05) is 33.7 Å². The Morgan fingerprint density at radius 1 is 1.33 bits per heavy atom. The Hall–Kier alpha value is -0.410. The van der Waals surface area contributed by atoms with Crippen LogP contribution in [0, 0.1) is 5.41 Å². The topological polar surface area (TPSA) is 23.6 Å². The highest BCUT2D eigenvalue weighted by atomic mass is 16.1. The van der Waals surface area contributed by atoms with Crippen molar-refractivity contribution >= 4 is 6.29 Å². The van der Waals surface area contributed by atoms with Gasteiger partial charge in [-0.3, -0.25) is 4.90 Å².